The number of aliphatic hydroxyl groups is 1. The fourth-order valence-corrected chi connectivity index (χ4v) is 1.67. The normalized spacial score (nSPS) is 11.8. The highest BCUT2D eigenvalue weighted by molar-refractivity contribution is 7.89. The van der Waals surface area contributed by atoms with Crippen LogP contribution < -0.4 is 4.72 Å². The number of aliphatic hydroxyl groups excluding tert-OH is 1. The van der Waals surface area contributed by atoms with Crippen LogP contribution in [0.3, 0.4) is 0 Å². The highest BCUT2D eigenvalue weighted by Gasteiger charge is 2.08. The van der Waals surface area contributed by atoms with Crippen LogP contribution in [0.2, 0.25) is 0 Å². The molecule has 1 aromatic heterocycles. The number of aromatic amines is 1. The molecule has 0 aliphatic carbocycles. The largest absolute Gasteiger partial charge is 0.395 e. The third kappa shape index (κ3) is 3.81. The van der Waals surface area contributed by atoms with E-state index in [1.165, 1.54) is 6.33 Å². The minimum atomic E-state index is -3.35. The number of nitrogens with zero attached hydrogens (tertiary/aromatic N) is 2. The van der Waals surface area contributed by atoms with Crippen molar-refractivity contribution < 1.29 is 13.5 Å². The smallest absolute Gasteiger partial charge is 0.213 e. The van der Waals surface area contributed by atoms with E-state index >= 15 is 0 Å². The molecule has 1 aromatic rings. The van der Waals surface area contributed by atoms with Crippen molar-refractivity contribution in [2.45, 2.75) is 6.42 Å². The molecule has 0 aromatic carbocycles. The van der Waals surface area contributed by atoms with E-state index in [0.717, 1.165) is 0 Å². The average Bonchev–Trinajstić information content (AvgIpc) is 2.56. The van der Waals surface area contributed by atoms with Gasteiger partial charge in [-0.1, -0.05) is 0 Å². The molecular formula is C6H12N4O3S. The lowest BCUT2D eigenvalue weighted by molar-refractivity contribution is 0.319. The fraction of sp³-hybridized carbons (Fsp3) is 0.667. The fourth-order valence-electron chi connectivity index (χ4n) is 0.869. The van der Waals surface area contributed by atoms with E-state index in [1.54, 1.807) is 0 Å². The summed E-state index contributed by atoms with van der Waals surface area (Å²) in [7, 11) is -3.35. The third-order valence-electron chi connectivity index (χ3n) is 1.51. The van der Waals surface area contributed by atoms with E-state index in [2.05, 4.69) is 19.9 Å². The van der Waals surface area contributed by atoms with Crippen molar-refractivity contribution in [1.82, 2.24) is 19.9 Å². The van der Waals surface area contributed by atoms with Crippen LogP contribution in [0, 0.1) is 0 Å². The Bertz CT molecular complexity index is 347. The first-order valence-electron chi connectivity index (χ1n) is 4.06. The lowest BCUT2D eigenvalue weighted by Gasteiger charge is -2.02. The zero-order valence-electron chi connectivity index (χ0n) is 7.47. The Hall–Kier alpha value is -0.990. The molecule has 0 fully saturated rings. The first-order valence-corrected chi connectivity index (χ1v) is 5.72. The molecule has 0 saturated heterocycles. The molecule has 80 valence electrons. The summed E-state index contributed by atoms with van der Waals surface area (Å²) in [4.78, 5) is 3.83. The van der Waals surface area contributed by atoms with Crippen LogP contribution in [-0.2, 0) is 16.4 Å². The van der Waals surface area contributed by atoms with E-state index in [-0.39, 0.29) is 18.9 Å². The lowest BCUT2D eigenvalue weighted by atomic mass is 10.4. The Morgan fingerprint density at radius 3 is 2.93 bits per heavy atom. The number of hydrogen-bond acceptors (Lipinski definition) is 5. The highest BCUT2D eigenvalue weighted by atomic mass is 32.2. The van der Waals surface area contributed by atoms with Crippen molar-refractivity contribution >= 4 is 10.0 Å². The Labute approximate surface area is 81.6 Å². The van der Waals surface area contributed by atoms with E-state index < -0.39 is 10.0 Å². The Kier molecular flexibility index (Phi) is 3.98. The zero-order chi connectivity index (χ0) is 10.4. The predicted molar refractivity (Wildman–Crippen MR) is 49.0 cm³/mol. The van der Waals surface area contributed by atoms with Gasteiger partial charge >= 0.3 is 0 Å². The minimum Gasteiger partial charge on any atom is -0.395 e. The summed E-state index contributed by atoms with van der Waals surface area (Å²) >= 11 is 0. The van der Waals surface area contributed by atoms with E-state index in [4.69, 9.17) is 5.11 Å². The molecule has 1 heterocycles. The Balaban J connectivity index is 2.28. The maximum Gasteiger partial charge on any atom is 0.213 e. The number of rotatable bonds is 6. The van der Waals surface area contributed by atoms with Crippen molar-refractivity contribution in [1.29, 1.82) is 0 Å². The summed E-state index contributed by atoms with van der Waals surface area (Å²) in [5.41, 5.74) is 0. The second kappa shape index (κ2) is 5.03. The molecule has 0 radical (unpaired) electrons. The molecule has 0 saturated carbocycles. The third-order valence-corrected chi connectivity index (χ3v) is 2.87. The van der Waals surface area contributed by atoms with Crippen molar-refractivity contribution in [2.24, 2.45) is 0 Å². The maximum absolute atomic E-state index is 11.0. The van der Waals surface area contributed by atoms with Crippen molar-refractivity contribution in [2.75, 3.05) is 18.9 Å². The van der Waals surface area contributed by atoms with E-state index in [9.17, 15) is 8.42 Å². The highest BCUT2D eigenvalue weighted by Crippen LogP contribution is 1.88. The molecule has 0 bridgehead atoms. The minimum absolute atomic E-state index is 0.248. The molecule has 0 aliphatic heterocycles. The molecule has 0 unspecified atom stereocenters. The standard InChI is InChI=1S/C6H12N4O3S/c11-3-4-14(12,13)9-2-1-6-7-5-8-10-6/h5,9,11H,1-4H2,(H,7,8,10). The van der Waals surface area contributed by atoms with Gasteiger partial charge in [-0.25, -0.2) is 18.1 Å². The number of hydrogen-bond donors (Lipinski definition) is 3. The summed E-state index contributed by atoms with van der Waals surface area (Å²) in [6.45, 7) is -0.130. The molecule has 0 spiro atoms. The number of H-pyrrole nitrogens is 1. The molecule has 0 atom stereocenters. The van der Waals surface area contributed by atoms with Crippen molar-refractivity contribution in [3.05, 3.63) is 12.2 Å². The van der Waals surface area contributed by atoms with Gasteiger partial charge in [-0.3, -0.25) is 5.10 Å². The molecule has 1 rings (SSSR count). The summed E-state index contributed by atoms with van der Waals surface area (Å²) in [5.74, 6) is 0.348. The zero-order valence-corrected chi connectivity index (χ0v) is 8.29. The molecule has 3 N–H and O–H groups in total. The number of aromatic nitrogens is 3. The van der Waals surface area contributed by atoms with Gasteiger partial charge < -0.3 is 5.11 Å². The molecule has 14 heavy (non-hydrogen) atoms. The van der Waals surface area contributed by atoms with Gasteiger partial charge in [-0.2, -0.15) is 5.10 Å². The molecule has 8 heteroatoms. The van der Waals surface area contributed by atoms with E-state index in [1.807, 2.05) is 0 Å². The van der Waals surface area contributed by atoms with Crippen molar-refractivity contribution in [3.8, 4) is 0 Å². The van der Waals surface area contributed by atoms with Crippen LogP contribution in [0.15, 0.2) is 6.33 Å². The second-order valence-electron chi connectivity index (χ2n) is 2.62. The quantitative estimate of drug-likeness (QED) is 0.527. The van der Waals surface area contributed by atoms with Gasteiger partial charge in [-0.05, 0) is 0 Å². The van der Waals surface area contributed by atoms with Crippen LogP contribution >= 0.6 is 0 Å². The molecule has 0 aliphatic rings. The maximum atomic E-state index is 11.0. The van der Waals surface area contributed by atoms with Crippen LogP contribution in [0.4, 0.5) is 0 Å². The van der Waals surface area contributed by atoms with Crippen LogP contribution in [0.25, 0.3) is 0 Å². The number of nitrogens with one attached hydrogen (secondary N) is 2. The van der Waals surface area contributed by atoms with Crippen molar-refractivity contribution in [3.63, 3.8) is 0 Å². The average molecular weight is 220 g/mol. The van der Waals surface area contributed by atoms with Gasteiger partial charge in [0.2, 0.25) is 10.0 Å². The number of sulfonamides is 1. The topological polar surface area (TPSA) is 108 Å². The predicted octanol–water partition coefficient (Wildman–Crippen LogP) is -1.74. The first-order chi connectivity index (χ1) is 6.64. The summed E-state index contributed by atoms with van der Waals surface area (Å²) in [6, 6.07) is 0. The van der Waals surface area contributed by atoms with Gasteiger partial charge in [0.15, 0.2) is 0 Å². The van der Waals surface area contributed by atoms with Gasteiger partial charge in [-0.15, -0.1) is 0 Å². The Morgan fingerprint density at radius 1 is 1.57 bits per heavy atom. The SMILES string of the molecule is O=S(=O)(CCO)NCCc1ncn[nH]1. The van der Waals surface area contributed by atoms with Crippen LogP contribution in [0.5, 0.6) is 0 Å². The lowest BCUT2D eigenvalue weighted by Crippen LogP contribution is -2.29. The molecule has 7 nitrogen and oxygen atoms in total. The summed E-state index contributed by atoms with van der Waals surface area (Å²) < 4.78 is 24.4. The first kappa shape index (κ1) is 11.1. The molecular weight excluding hydrogens is 208 g/mol. The van der Waals surface area contributed by atoms with Crippen LogP contribution in [-0.4, -0.2) is 47.6 Å². The van der Waals surface area contributed by atoms with Gasteiger partial charge in [0, 0.05) is 13.0 Å². The monoisotopic (exact) mass is 220 g/mol. The summed E-state index contributed by atoms with van der Waals surface area (Å²) in [6.07, 6.45) is 1.81. The van der Waals surface area contributed by atoms with Gasteiger partial charge in [0.05, 0.1) is 12.4 Å². The Morgan fingerprint density at radius 2 is 2.36 bits per heavy atom. The second-order valence-corrected chi connectivity index (χ2v) is 4.55. The van der Waals surface area contributed by atoms with Gasteiger partial charge in [0.25, 0.3) is 0 Å². The molecule has 0 amide bonds. The van der Waals surface area contributed by atoms with Gasteiger partial charge in [0.1, 0.15) is 12.2 Å². The van der Waals surface area contributed by atoms with E-state index in [0.29, 0.717) is 12.2 Å². The summed E-state index contributed by atoms with van der Waals surface area (Å²) in [5, 5.41) is 14.7. The van der Waals surface area contributed by atoms with Crippen LogP contribution in [0.1, 0.15) is 5.82 Å².